The third-order valence-corrected chi connectivity index (χ3v) is 4.51. The number of rotatable bonds is 4. The Bertz CT molecular complexity index is 1160. The number of hydrogen-bond acceptors (Lipinski definition) is 3. The van der Waals surface area contributed by atoms with Crippen LogP contribution >= 0.6 is 0 Å². The number of hydrogen-bond donors (Lipinski definition) is 2. The van der Waals surface area contributed by atoms with Crippen molar-refractivity contribution >= 4 is 29.5 Å². The van der Waals surface area contributed by atoms with Crippen LogP contribution in [0, 0.1) is 11.8 Å². The molecule has 29 heavy (non-hydrogen) atoms. The van der Waals surface area contributed by atoms with Gasteiger partial charge in [-0.05, 0) is 29.8 Å². The van der Waals surface area contributed by atoms with E-state index in [1.807, 2.05) is 54.6 Å². The second-order valence-corrected chi connectivity index (χ2v) is 6.38. The Morgan fingerprint density at radius 1 is 1.10 bits per heavy atom. The van der Waals surface area contributed by atoms with Crippen LogP contribution in [0.4, 0.5) is 5.69 Å². The predicted octanol–water partition coefficient (Wildman–Crippen LogP) is 3.99. The number of carbonyl (C=O) groups is 1. The molecule has 0 bridgehead atoms. The molecule has 0 aliphatic carbocycles. The van der Waals surface area contributed by atoms with E-state index in [0.29, 0.717) is 17.9 Å². The number of fused-ring (bicyclic) bond motifs is 1. The van der Waals surface area contributed by atoms with Crippen LogP contribution in [0.2, 0.25) is 0 Å². The zero-order valence-corrected chi connectivity index (χ0v) is 15.9. The molecule has 0 fully saturated rings. The lowest BCUT2D eigenvalue weighted by Crippen LogP contribution is -2.03. The lowest BCUT2D eigenvalue weighted by molar-refractivity contribution is -0.110. The zero-order chi connectivity index (χ0) is 20.1. The van der Waals surface area contributed by atoms with Crippen molar-refractivity contribution in [2.45, 2.75) is 0 Å². The SMILES string of the molecule is COc1cc[nH]c1/C=C1\C(=O)Nc2cccc(C#CCN=Cc3ccccc3)c21. The Labute approximate surface area is 169 Å². The minimum atomic E-state index is -0.159. The summed E-state index contributed by atoms with van der Waals surface area (Å²) in [4.78, 5) is 20.0. The van der Waals surface area contributed by atoms with Crippen LogP contribution in [0.1, 0.15) is 22.4 Å². The summed E-state index contributed by atoms with van der Waals surface area (Å²) in [6.07, 6.45) is 5.37. The van der Waals surface area contributed by atoms with E-state index < -0.39 is 0 Å². The maximum absolute atomic E-state index is 12.5. The van der Waals surface area contributed by atoms with Crippen LogP contribution < -0.4 is 10.1 Å². The molecule has 0 saturated heterocycles. The normalized spacial score (nSPS) is 13.8. The van der Waals surface area contributed by atoms with Crippen LogP contribution in [0.5, 0.6) is 5.75 Å². The largest absolute Gasteiger partial charge is 0.495 e. The van der Waals surface area contributed by atoms with Crippen LogP contribution in [-0.4, -0.2) is 30.8 Å². The summed E-state index contributed by atoms with van der Waals surface area (Å²) in [5, 5.41) is 2.90. The average molecular weight is 381 g/mol. The number of aromatic amines is 1. The Morgan fingerprint density at radius 3 is 2.79 bits per heavy atom. The second kappa shape index (κ2) is 8.32. The van der Waals surface area contributed by atoms with Gasteiger partial charge < -0.3 is 15.0 Å². The predicted molar refractivity (Wildman–Crippen MR) is 116 cm³/mol. The molecule has 0 spiro atoms. The summed E-state index contributed by atoms with van der Waals surface area (Å²) in [6.45, 7) is 0.378. The fourth-order valence-electron chi connectivity index (χ4n) is 3.17. The van der Waals surface area contributed by atoms with Crippen molar-refractivity contribution in [1.82, 2.24) is 4.98 Å². The van der Waals surface area contributed by atoms with E-state index in [4.69, 9.17) is 4.74 Å². The molecule has 2 heterocycles. The molecular formula is C24H19N3O2. The first-order valence-corrected chi connectivity index (χ1v) is 9.18. The highest BCUT2D eigenvalue weighted by Crippen LogP contribution is 2.36. The quantitative estimate of drug-likeness (QED) is 0.408. The number of ether oxygens (including phenoxy) is 1. The van der Waals surface area contributed by atoms with Crippen LogP contribution in [0.15, 0.2) is 65.8 Å². The number of benzene rings is 2. The molecule has 2 N–H and O–H groups in total. The van der Waals surface area contributed by atoms with Gasteiger partial charge in [0, 0.05) is 23.5 Å². The van der Waals surface area contributed by atoms with Crippen molar-refractivity contribution in [3.63, 3.8) is 0 Å². The fourth-order valence-corrected chi connectivity index (χ4v) is 3.17. The number of amides is 1. The number of carbonyl (C=O) groups excluding carboxylic acids is 1. The smallest absolute Gasteiger partial charge is 0.256 e. The van der Waals surface area contributed by atoms with Gasteiger partial charge in [0.1, 0.15) is 12.3 Å². The molecule has 0 unspecified atom stereocenters. The van der Waals surface area contributed by atoms with Crippen molar-refractivity contribution in [1.29, 1.82) is 0 Å². The van der Waals surface area contributed by atoms with Crippen molar-refractivity contribution < 1.29 is 9.53 Å². The molecule has 0 atom stereocenters. The monoisotopic (exact) mass is 381 g/mol. The molecule has 142 valence electrons. The maximum atomic E-state index is 12.5. The van der Waals surface area contributed by atoms with Crippen LogP contribution in [-0.2, 0) is 4.79 Å². The van der Waals surface area contributed by atoms with Gasteiger partial charge in [-0.1, -0.05) is 48.2 Å². The molecule has 1 aliphatic heterocycles. The third-order valence-electron chi connectivity index (χ3n) is 4.51. The third kappa shape index (κ3) is 3.97. The van der Waals surface area contributed by atoms with Gasteiger partial charge in [-0.3, -0.25) is 9.79 Å². The first kappa shape index (κ1) is 18.3. The van der Waals surface area contributed by atoms with E-state index in [9.17, 15) is 4.79 Å². The number of aromatic nitrogens is 1. The average Bonchev–Trinajstić information content (AvgIpc) is 3.33. The molecule has 5 nitrogen and oxygen atoms in total. The topological polar surface area (TPSA) is 66.5 Å². The standard InChI is InChI=1S/C24H19N3O2/c1-29-22-12-14-26-21(22)15-19-23-18(9-5-11-20(23)27-24(19)28)10-6-13-25-16-17-7-3-2-4-8-17/h2-5,7-9,11-12,14-16,26H,13H2,1H3,(H,27,28)/b19-15-,25-16?. The van der Waals surface area contributed by atoms with Gasteiger partial charge in [0.15, 0.2) is 0 Å². The summed E-state index contributed by atoms with van der Waals surface area (Å²) in [7, 11) is 1.60. The lowest BCUT2D eigenvalue weighted by atomic mass is 9.99. The van der Waals surface area contributed by atoms with Gasteiger partial charge in [0.25, 0.3) is 5.91 Å². The number of anilines is 1. The summed E-state index contributed by atoms with van der Waals surface area (Å²) < 4.78 is 5.33. The number of H-pyrrole nitrogens is 1. The molecule has 1 aromatic heterocycles. The molecule has 5 heteroatoms. The summed E-state index contributed by atoms with van der Waals surface area (Å²) >= 11 is 0. The molecule has 3 aromatic rings. The Morgan fingerprint density at radius 2 is 1.97 bits per heavy atom. The number of methoxy groups -OCH3 is 1. The van der Waals surface area contributed by atoms with Gasteiger partial charge in [0.05, 0.1) is 24.1 Å². The molecule has 0 radical (unpaired) electrons. The number of aliphatic imine (C=N–C) groups is 1. The highest BCUT2D eigenvalue weighted by molar-refractivity contribution is 6.35. The molecule has 1 aliphatic rings. The molecular weight excluding hydrogens is 362 g/mol. The highest BCUT2D eigenvalue weighted by Gasteiger charge is 2.26. The van der Waals surface area contributed by atoms with Crippen molar-refractivity contribution in [2.75, 3.05) is 19.0 Å². The fraction of sp³-hybridized carbons (Fsp3) is 0.0833. The van der Waals surface area contributed by atoms with E-state index in [2.05, 4.69) is 27.1 Å². The van der Waals surface area contributed by atoms with E-state index in [0.717, 1.165) is 28.1 Å². The van der Waals surface area contributed by atoms with E-state index in [1.54, 1.807) is 25.6 Å². The minimum Gasteiger partial charge on any atom is -0.495 e. The number of nitrogens with one attached hydrogen (secondary N) is 2. The summed E-state index contributed by atoms with van der Waals surface area (Å²) in [6, 6.07) is 17.4. The molecule has 2 aromatic carbocycles. The minimum absolute atomic E-state index is 0.159. The van der Waals surface area contributed by atoms with Crippen molar-refractivity contribution in [3.05, 3.63) is 83.2 Å². The van der Waals surface area contributed by atoms with Crippen LogP contribution in [0.25, 0.3) is 11.6 Å². The van der Waals surface area contributed by atoms with Gasteiger partial charge in [-0.25, -0.2) is 0 Å². The highest BCUT2D eigenvalue weighted by atomic mass is 16.5. The van der Waals surface area contributed by atoms with Gasteiger partial charge >= 0.3 is 0 Å². The molecule has 4 rings (SSSR count). The van der Waals surface area contributed by atoms with E-state index in [-0.39, 0.29) is 5.91 Å². The Balaban J connectivity index is 1.61. The summed E-state index contributed by atoms with van der Waals surface area (Å²) in [5.74, 6) is 6.74. The van der Waals surface area contributed by atoms with Crippen molar-refractivity contribution in [2.24, 2.45) is 4.99 Å². The Hall–Kier alpha value is -4.04. The lowest BCUT2D eigenvalue weighted by Gasteiger charge is -2.03. The van der Waals surface area contributed by atoms with Gasteiger partial charge in [-0.15, -0.1) is 0 Å². The van der Waals surface area contributed by atoms with E-state index in [1.165, 1.54) is 0 Å². The van der Waals surface area contributed by atoms with Gasteiger partial charge in [0.2, 0.25) is 0 Å². The maximum Gasteiger partial charge on any atom is 0.256 e. The van der Waals surface area contributed by atoms with Crippen LogP contribution in [0.3, 0.4) is 0 Å². The Kier molecular flexibility index (Phi) is 5.26. The summed E-state index contributed by atoms with van der Waals surface area (Å²) in [5.41, 5.74) is 4.67. The number of nitrogens with zero attached hydrogens (tertiary/aromatic N) is 1. The van der Waals surface area contributed by atoms with Crippen molar-refractivity contribution in [3.8, 4) is 17.6 Å². The second-order valence-electron chi connectivity index (χ2n) is 6.38. The first-order valence-electron chi connectivity index (χ1n) is 9.18. The molecule has 1 amide bonds. The van der Waals surface area contributed by atoms with E-state index >= 15 is 0 Å². The molecule has 0 saturated carbocycles. The van der Waals surface area contributed by atoms with Gasteiger partial charge in [-0.2, -0.15) is 0 Å². The first-order chi connectivity index (χ1) is 14.3. The zero-order valence-electron chi connectivity index (χ0n) is 15.9.